The van der Waals surface area contributed by atoms with Crippen LogP contribution in [-0.4, -0.2) is 37.1 Å². The molecule has 0 aromatic carbocycles. The standard InChI is InChI=1S/C25H51NO2/c1-4-7-10-13-15-18-21-26(22-19-16-14-11-8-5-2)24-25(27)28-23-20-17-12-9-6-3/h4-24H2,1-3H3. The Morgan fingerprint density at radius 1 is 0.571 bits per heavy atom. The van der Waals surface area contributed by atoms with E-state index in [0.717, 1.165) is 19.5 Å². The summed E-state index contributed by atoms with van der Waals surface area (Å²) in [5.74, 6) is -0.0209. The Morgan fingerprint density at radius 3 is 1.43 bits per heavy atom. The van der Waals surface area contributed by atoms with Gasteiger partial charge >= 0.3 is 5.97 Å². The van der Waals surface area contributed by atoms with Gasteiger partial charge in [-0.3, -0.25) is 9.69 Å². The van der Waals surface area contributed by atoms with E-state index in [9.17, 15) is 4.79 Å². The van der Waals surface area contributed by atoms with Gasteiger partial charge in [0.2, 0.25) is 0 Å². The van der Waals surface area contributed by atoms with Gasteiger partial charge in [-0.05, 0) is 32.4 Å². The second kappa shape index (κ2) is 22.7. The number of hydrogen-bond donors (Lipinski definition) is 0. The van der Waals surface area contributed by atoms with Crippen LogP contribution in [0, 0.1) is 0 Å². The van der Waals surface area contributed by atoms with E-state index in [1.54, 1.807) is 0 Å². The third-order valence-corrected chi connectivity index (χ3v) is 5.52. The highest BCUT2D eigenvalue weighted by Crippen LogP contribution is 2.09. The number of unbranched alkanes of at least 4 members (excludes halogenated alkanes) is 14. The SMILES string of the molecule is CCCCCCCCN(CCCCCCCC)CC(=O)OCCCCCCC. The molecule has 0 aromatic heterocycles. The number of hydrogen-bond acceptors (Lipinski definition) is 3. The minimum absolute atomic E-state index is 0.0209. The van der Waals surface area contributed by atoms with Crippen LogP contribution in [0.3, 0.4) is 0 Å². The molecule has 3 nitrogen and oxygen atoms in total. The summed E-state index contributed by atoms with van der Waals surface area (Å²) in [6.45, 7) is 9.93. The number of carbonyl (C=O) groups is 1. The number of esters is 1. The van der Waals surface area contributed by atoms with E-state index >= 15 is 0 Å². The van der Waals surface area contributed by atoms with Gasteiger partial charge in [0.05, 0.1) is 13.2 Å². The maximum atomic E-state index is 12.2. The molecule has 0 aliphatic carbocycles. The molecule has 0 unspecified atom stereocenters. The van der Waals surface area contributed by atoms with E-state index in [0.29, 0.717) is 13.2 Å². The molecule has 0 radical (unpaired) electrons. The van der Waals surface area contributed by atoms with Crippen LogP contribution >= 0.6 is 0 Å². The quantitative estimate of drug-likeness (QED) is 0.140. The highest BCUT2D eigenvalue weighted by molar-refractivity contribution is 5.71. The predicted molar refractivity (Wildman–Crippen MR) is 123 cm³/mol. The average molecular weight is 398 g/mol. The first-order chi connectivity index (χ1) is 13.7. The molecule has 0 aliphatic heterocycles. The van der Waals surface area contributed by atoms with Crippen molar-refractivity contribution in [3.8, 4) is 0 Å². The van der Waals surface area contributed by atoms with Crippen LogP contribution in [0.1, 0.15) is 130 Å². The maximum Gasteiger partial charge on any atom is 0.320 e. The van der Waals surface area contributed by atoms with E-state index in [1.165, 1.54) is 103 Å². The maximum absolute atomic E-state index is 12.2. The third-order valence-electron chi connectivity index (χ3n) is 5.52. The van der Waals surface area contributed by atoms with Gasteiger partial charge < -0.3 is 4.74 Å². The van der Waals surface area contributed by atoms with Crippen molar-refractivity contribution >= 4 is 5.97 Å². The molecule has 0 aliphatic rings. The lowest BCUT2D eigenvalue weighted by Gasteiger charge is -2.21. The average Bonchev–Trinajstić information content (AvgIpc) is 2.69. The molecule has 0 fully saturated rings. The van der Waals surface area contributed by atoms with Gasteiger partial charge in [0.15, 0.2) is 0 Å². The largest absolute Gasteiger partial charge is 0.465 e. The van der Waals surface area contributed by atoms with Crippen molar-refractivity contribution in [3.63, 3.8) is 0 Å². The molecule has 0 rings (SSSR count). The fourth-order valence-corrected chi connectivity index (χ4v) is 3.62. The molecule has 0 aromatic rings. The van der Waals surface area contributed by atoms with Crippen molar-refractivity contribution in [2.24, 2.45) is 0 Å². The molecular formula is C25H51NO2. The Hall–Kier alpha value is -0.570. The third kappa shape index (κ3) is 20.2. The molecule has 28 heavy (non-hydrogen) atoms. The van der Waals surface area contributed by atoms with Gasteiger partial charge in [0.25, 0.3) is 0 Å². The van der Waals surface area contributed by atoms with Gasteiger partial charge in [-0.15, -0.1) is 0 Å². The van der Waals surface area contributed by atoms with E-state index in [1.807, 2.05) is 0 Å². The van der Waals surface area contributed by atoms with Crippen molar-refractivity contribution in [1.82, 2.24) is 4.90 Å². The molecule has 0 atom stereocenters. The Bertz CT molecular complexity index is 304. The molecule has 168 valence electrons. The van der Waals surface area contributed by atoms with Crippen molar-refractivity contribution < 1.29 is 9.53 Å². The smallest absolute Gasteiger partial charge is 0.320 e. The number of nitrogens with zero attached hydrogens (tertiary/aromatic N) is 1. The molecule has 0 saturated carbocycles. The van der Waals surface area contributed by atoms with Crippen molar-refractivity contribution in [3.05, 3.63) is 0 Å². The first kappa shape index (κ1) is 27.4. The normalized spacial score (nSPS) is 11.3. The van der Waals surface area contributed by atoms with Crippen molar-refractivity contribution in [1.29, 1.82) is 0 Å². The first-order valence-corrected chi connectivity index (χ1v) is 12.6. The summed E-state index contributed by atoms with van der Waals surface area (Å²) >= 11 is 0. The summed E-state index contributed by atoms with van der Waals surface area (Å²) < 4.78 is 5.49. The van der Waals surface area contributed by atoms with Crippen LogP contribution in [0.25, 0.3) is 0 Å². The van der Waals surface area contributed by atoms with Crippen LogP contribution in [0.15, 0.2) is 0 Å². The zero-order valence-corrected chi connectivity index (χ0v) is 19.6. The minimum Gasteiger partial charge on any atom is -0.465 e. The Labute approximate surface area is 177 Å². The van der Waals surface area contributed by atoms with E-state index in [2.05, 4.69) is 25.7 Å². The molecule has 3 heteroatoms. The lowest BCUT2D eigenvalue weighted by atomic mass is 10.1. The Kier molecular flexibility index (Phi) is 22.3. The summed E-state index contributed by atoms with van der Waals surface area (Å²) in [7, 11) is 0. The van der Waals surface area contributed by atoms with Crippen LogP contribution in [0.2, 0.25) is 0 Å². The van der Waals surface area contributed by atoms with Crippen LogP contribution in [-0.2, 0) is 9.53 Å². The van der Waals surface area contributed by atoms with Gasteiger partial charge in [-0.2, -0.15) is 0 Å². The van der Waals surface area contributed by atoms with E-state index < -0.39 is 0 Å². The second-order valence-corrected chi connectivity index (χ2v) is 8.45. The number of ether oxygens (including phenoxy) is 1. The zero-order valence-electron chi connectivity index (χ0n) is 19.6. The van der Waals surface area contributed by atoms with Crippen molar-refractivity contribution in [2.75, 3.05) is 26.2 Å². The fourth-order valence-electron chi connectivity index (χ4n) is 3.62. The van der Waals surface area contributed by atoms with E-state index in [-0.39, 0.29) is 5.97 Å². The summed E-state index contributed by atoms with van der Waals surface area (Å²) in [5, 5.41) is 0. The highest BCUT2D eigenvalue weighted by atomic mass is 16.5. The monoisotopic (exact) mass is 397 g/mol. The first-order valence-electron chi connectivity index (χ1n) is 12.6. The molecule has 0 N–H and O–H groups in total. The number of carbonyl (C=O) groups excluding carboxylic acids is 1. The molecule has 0 bridgehead atoms. The van der Waals surface area contributed by atoms with Gasteiger partial charge in [-0.25, -0.2) is 0 Å². The predicted octanol–water partition coefficient (Wildman–Crippen LogP) is 7.52. The second-order valence-electron chi connectivity index (χ2n) is 8.45. The van der Waals surface area contributed by atoms with Crippen LogP contribution in [0.4, 0.5) is 0 Å². The highest BCUT2D eigenvalue weighted by Gasteiger charge is 2.11. The zero-order chi connectivity index (χ0) is 20.7. The van der Waals surface area contributed by atoms with Crippen LogP contribution in [0.5, 0.6) is 0 Å². The van der Waals surface area contributed by atoms with E-state index in [4.69, 9.17) is 4.74 Å². The summed E-state index contributed by atoms with van der Waals surface area (Å²) in [4.78, 5) is 14.6. The molecular weight excluding hydrogens is 346 g/mol. The van der Waals surface area contributed by atoms with Gasteiger partial charge in [0.1, 0.15) is 0 Å². The number of rotatable bonds is 22. The molecule has 0 saturated heterocycles. The lowest BCUT2D eigenvalue weighted by molar-refractivity contribution is -0.145. The lowest BCUT2D eigenvalue weighted by Crippen LogP contribution is -2.33. The van der Waals surface area contributed by atoms with Gasteiger partial charge in [0, 0.05) is 0 Å². The molecule has 0 heterocycles. The summed E-state index contributed by atoms with van der Waals surface area (Å²) in [5.41, 5.74) is 0. The summed E-state index contributed by atoms with van der Waals surface area (Å²) in [6, 6.07) is 0. The summed E-state index contributed by atoms with van der Waals surface area (Å²) in [6.07, 6.45) is 21.7. The molecule has 0 amide bonds. The Morgan fingerprint density at radius 2 is 0.964 bits per heavy atom. The van der Waals surface area contributed by atoms with Crippen LogP contribution < -0.4 is 0 Å². The molecule has 0 spiro atoms. The van der Waals surface area contributed by atoms with Gasteiger partial charge in [-0.1, -0.05) is 111 Å². The minimum atomic E-state index is -0.0209. The van der Waals surface area contributed by atoms with Crippen molar-refractivity contribution in [2.45, 2.75) is 130 Å². The fraction of sp³-hybridized carbons (Fsp3) is 0.960. The Balaban J connectivity index is 3.99. The topological polar surface area (TPSA) is 29.5 Å².